The van der Waals surface area contributed by atoms with E-state index in [1.54, 1.807) is 18.3 Å². The third-order valence-electron chi connectivity index (χ3n) is 5.67. The van der Waals surface area contributed by atoms with Gasteiger partial charge >= 0.3 is 5.97 Å². The van der Waals surface area contributed by atoms with Crippen molar-refractivity contribution < 1.29 is 14.3 Å². The molecule has 0 saturated heterocycles. The van der Waals surface area contributed by atoms with Gasteiger partial charge in [-0.1, -0.05) is 50.2 Å². The van der Waals surface area contributed by atoms with E-state index in [0.717, 1.165) is 55.9 Å². The first-order valence-electron chi connectivity index (χ1n) is 10.8. The second kappa shape index (κ2) is 9.25. The van der Waals surface area contributed by atoms with Gasteiger partial charge in [0.15, 0.2) is 0 Å². The second-order valence-electron chi connectivity index (χ2n) is 8.37. The Kier molecular flexibility index (Phi) is 6.22. The molecule has 0 aliphatic carbocycles. The predicted octanol–water partition coefficient (Wildman–Crippen LogP) is 6.72. The number of carboxylic acids is 1. The van der Waals surface area contributed by atoms with Crippen LogP contribution in [0.15, 0.2) is 72.9 Å². The number of aromatic nitrogens is 2. The van der Waals surface area contributed by atoms with Crippen LogP contribution in [0.3, 0.4) is 0 Å². The number of benzene rings is 3. The summed E-state index contributed by atoms with van der Waals surface area (Å²) in [6.45, 7) is 6.20. The Hall–Kier alpha value is -3.99. The molecule has 0 bridgehead atoms. The lowest BCUT2D eigenvalue weighted by molar-refractivity contribution is -0.131. The standard InChI is InChI=1S/C28H25FN2O2/c1-17(2)27(24-11-10-23(29)14-18(24)3)28(21-9-12-25-22(15-21)16-30-31-25)20-7-4-19(5-8-20)6-13-26(32)33/h4-17H,1-3H3,(H,30,31)(H,32,33)/b13-6+,28-27?. The lowest BCUT2D eigenvalue weighted by atomic mass is 9.82. The van der Waals surface area contributed by atoms with Crippen LogP contribution in [0.5, 0.6) is 0 Å². The van der Waals surface area contributed by atoms with Crippen LogP contribution in [0.1, 0.15) is 41.7 Å². The Bertz CT molecular complexity index is 1380. The van der Waals surface area contributed by atoms with Gasteiger partial charge in [0, 0.05) is 11.5 Å². The molecule has 2 N–H and O–H groups in total. The zero-order valence-corrected chi connectivity index (χ0v) is 18.8. The maximum Gasteiger partial charge on any atom is 0.328 e. The van der Waals surface area contributed by atoms with Gasteiger partial charge in [-0.2, -0.15) is 5.10 Å². The number of allylic oxidation sites excluding steroid dienone is 1. The van der Waals surface area contributed by atoms with Gasteiger partial charge in [-0.15, -0.1) is 0 Å². The average Bonchev–Trinajstić information content (AvgIpc) is 3.25. The summed E-state index contributed by atoms with van der Waals surface area (Å²) in [4.78, 5) is 10.9. The van der Waals surface area contributed by atoms with E-state index in [2.05, 4.69) is 36.2 Å². The van der Waals surface area contributed by atoms with Gasteiger partial charge in [0.1, 0.15) is 5.82 Å². The summed E-state index contributed by atoms with van der Waals surface area (Å²) in [7, 11) is 0. The number of nitrogens with one attached hydrogen (secondary N) is 1. The molecule has 0 fully saturated rings. The largest absolute Gasteiger partial charge is 0.478 e. The minimum atomic E-state index is -0.984. The van der Waals surface area contributed by atoms with E-state index in [1.807, 2.05) is 43.3 Å². The number of fused-ring (bicyclic) bond motifs is 1. The number of rotatable bonds is 6. The van der Waals surface area contributed by atoms with E-state index in [9.17, 15) is 9.18 Å². The van der Waals surface area contributed by atoms with Crippen molar-refractivity contribution in [2.75, 3.05) is 0 Å². The van der Waals surface area contributed by atoms with Crippen LogP contribution in [0.2, 0.25) is 0 Å². The van der Waals surface area contributed by atoms with Crippen LogP contribution in [0.25, 0.3) is 28.1 Å². The van der Waals surface area contributed by atoms with E-state index in [1.165, 1.54) is 6.07 Å². The number of hydrogen-bond donors (Lipinski definition) is 2. The van der Waals surface area contributed by atoms with Crippen LogP contribution in [0, 0.1) is 18.7 Å². The molecule has 166 valence electrons. The Morgan fingerprint density at radius 2 is 1.76 bits per heavy atom. The molecule has 0 saturated carbocycles. The van der Waals surface area contributed by atoms with Gasteiger partial charge < -0.3 is 5.11 Å². The molecule has 5 heteroatoms. The number of H-pyrrole nitrogens is 1. The maximum absolute atomic E-state index is 13.9. The highest BCUT2D eigenvalue weighted by Crippen LogP contribution is 2.39. The number of carbonyl (C=O) groups is 1. The molecular weight excluding hydrogens is 415 g/mol. The van der Waals surface area contributed by atoms with Gasteiger partial charge in [-0.3, -0.25) is 5.10 Å². The molecule has 0 spiro atoms. The van der Waals surface area contributed by atoms with Crippen molar-refractivity contribution in [2.45, 2.75) is 20.8 Å². The smallest absolute Gasteiger partial charge is 0.328 e. The number of aliphatic carboxylic acids is 1. The van der Waals surface area contributed by atoms with Crippen molar-refractivity contribution in [3.8, 4) is 0 Å². The summed E-state index contributed by atoms with van der Waals surface area (Å²) in [6.07, 6.45) is 4.49. The zero-order valence-electron chi connectivity index (χ0n) is 18.8. The van der Waals surface area contributed by atoms with Crippen molar-refractivity contribution in [2.24, 2.45) is 5.92 Å². The molecule has 4 nitrogen and oxygen atoms in total. The van der Waals surface area contributed by atoms with Gasteiger partial charge in [0.2, 0.25) is 0 Å². The number of halogens is 1. The minimum Gasteiger partial charge on any atom is -0.478 e. The molecule has 0 radical (unpaired) electrons. The molecule has 4 aromatic rings. The molecule has 0 amide bonds. The van der Waals surface area contributed by atoms with Crippen LogP contribution in [0.4, 0.5) is 4.39 Å². The molecule has 0 aliphatic heterocycles. The lowest BCUT2D eigenvalue weighted by Gasteiger charge is -2.22. The fraction of sp³-hybridized carbons (Fsp3) is 0.143. The zero-order chi connectivity index (χ0) is 23.5. The normalized spacial score (nSPS) is 12.5. The first kappa shape index (κ1) is 22.2. The minimum absolute atomic E-state index is 0.163. The molecule has 33 heavy (non-hydrogen) atoms. The molecular formula is C28H25FN2O2. The highest BCUT2D eigenvalue weighted by atomic mass is 19.1. The number of aromatic amines is 1. The molecule has 1 aromatic heterocycles. The third-order valence-corrected chi connectivity index (χ3v) is 5.67. The molecule has 0 unspecified atom stereocenters. The molecule has 1 heterocycles. The fourth-order valence-electron chi connectivity index (χ4n) is 4.17. The Labute approximate surface area is 192 Å². The van der Waals surface area contributed by atoms with Crippen LogP contribution >= 0.6 is 0 Å². The van der Waals surface area contributed by atoms with Gasteiger partial charge in [0.05, 0.1) is 11.7 Å². The van der Waals surface area contributed by atoms with Gasteiger partial charge in [-0.25, -0.2) is 9.18 Å². The van der Waals surface area contributed by atoms with E-state index in [0.29, 0.717) is 0 Å². The van der Waals surface area contributed by atoms with Crippen molar-refractivity contribution >= 4 is 34.1 Å². The van der Waals surface area contributed by atoms with Crippen LogP contribution in [-0.2, 0) is 4.79 Å². The van der Waals surface area contributed by atoms with Crippen LogP contribution in [-0.4, -0.2) is 21.3 Å². The summed E-state index contributed by atoms with van der Waals surface area (Å²) in [5.74, 6) is -1.08. The highest BCUT2D eigenvalue weighted by molar-refractivity contribution is 6.01. The Morgan fingerprint density at radius 1 is 1.03 bits per heavy atom. The average molecular weight is 441 g/mol. The van der Waals surface area contributed by atoms with Gasteiger partial charge in [0.25, 0.3) is 0 Å². The summed E-state index contributed by atoms with van der Waals surface area (Å²) >= 11 is 0. The van der Waals surface area contributed by atoms with E-state index >= 15 is 0 Å². The summed E-state index contributed by atoms with van der Waals surface area (Å²) in [6, 6.07) is 18.9. The Morgan fingerprint density at radius 3 is 2.42 bits per heavy atom. The quantitative estimate of drug-likeness (QED) is 0.258. The first-order chi connectivity index (χ1) is 15.8. The highest BCUT2D eigenvalue weighted by Gasteiger charge is 2.19. The van der Waals surface area contributed by atoms with E-state index in [4.69, 9.17) is 5.11 Å². The van der Waals surface area contributed by atoms with Crippen molar-refractivity contribution in [3.05, 3.63) is 107 Å². The topological polar surface area (TPSA) is 66.0 Å². The molecule has 4 rings (SSSR count). The van der Waals surface area contributed by atoms with Crippen molar-refractivity contribution in [1.82, 2.24) is 10.2 Å². The van der Waals surface area contributed by atoms with Crippen LogP contribution < -0.4 is 0 Å². The predicted molar refractivity (Wildman–Crippen MR) is 131 cm³/mol. The Balaban J connectivity index is 1.97. The van der Waals surface area contributed by atoms with Gasteiger partial charge in [-0.05, 0) is 82.1 Å². The molecule has 3 aromatic carbocycles. The van der Waals surface area contributed by atoms with E-state index in [-0.39, 0.29) is 11.7 Å². The number of nitrogens with zero attached hydrogens (tertiary/aromatic N) is 1. The monoisotopic (exact) mass is 440 g/mol. The number of aryl methyl sites for hydroxylation is 1. The molecule has 0 aliphatic rings. The second-order valence-corrected chi connectivity index (χ2v) is 8.37. The lowest BCUT2D eigenvalue weighted by Crippen LogP contribution is -2.03. The summed E-state index contributed by atoms with van der Waals surface area (Å²) in [5.41, 5.74) is 7.83. The SMILES string of the molecule is Cc1cc(F)ccc1C(=C(c1ccc(/C=C/C(=O)O)cc1)c1ccc2[nH]ncc2c1)C(C)C. The number of hydrogen-bond acceptors (Lipinski definition) is 2. The first-order valence-corrected chi connectivity index (χ1v) is 10.8. The van der Waals surface area contributed by atoms with Crippen molar-refractivity contribution in [3.63, 3.8) is 0 Å². The molecule has 0 atom stereocenters. The number of carboxylic acid groups (broad SMARTS) is 1. The summed E-state index contributed by atoms with van der Waals surface area (Å²) in [5, 5.41) is 17.1. The third kappa shape index (κ3) is 4.77. The fourth-order valence-corrected chi connectivity index (χ4v) is 4.17. The maximum atomic E-state index is 13.9. The van der Waals surface area contributed by atoms with E-state index < -0.39 is 5.97 Å². The van der Waals surface area contributed by atoms with Crippen molar-refractivity contribution in [1.29, 1.82) is 0 Å². The summed E-state index contributed by atoms with van der Waals surface area (Å²) < 4.78 is 13.9.